The van der Waals surface area contributed by atoms with E-state index in [2.05, 4.69) is 25.5 Å². The summed E-state index contributed by atoms with van der Waals surface area (Å²) in [6.07, 6.45) is 3.43. The van der Waals surface area contributed by atoms with Gasteiger partial charge in [0, 0.05) is 32.5 Å². The van der Waals surface area contributed by atoms with Crippen molar-refractivity contribution < 1.29 is 9.53 Å². The minimum absolute atomic E-state index is 0.109. The first kappa shape index (κ1) is 19.1. The van der Waals surface area contributed by atoms with E-state index < -0.39 is 0 Å². The van der Waals surface area contributed by atoms with Crippen molar-refractivity contribution in [2.45, 2.75) is 32.4 Å². The Bertz CT molecular complexity index is 1100. The number of aromatic nitrogens is 5. The van der Waals surface area contributed by atoms with E-state index in [1.54, 1.807) is 42.2 Å². The van der Waals surface area contributed by atoms with E-state index in [1.807, 2.05) is 13.8 Å². The highest BCUT2D eigenvalue weighted by atomic mass is 16.5. The molecule has 1 saturated heterocycles. The number of methoxy groups -OCH3 is 1. The molecule has 152 valence electrons. The van der Waals surface area contributed by atoms with Gasteiger partial charge in [0.2, 0.25) is 5.91 Å². The van der Waals surface area contributed by atoms with Crippen LogP contribution in [0.1, 0.15) is 25.5 Å². The SMILES string of the molecule is COC1CN(c2cc(=O)n(CC(=O)Nc3ccc4nncn4c3)nc2C(C)C)C1. The van der Waals surface area contributed by atoms with Crippen molar-refractivity contribution in [2.75, 3.05) is 30.4 Å². The van der Waals surface area contributed by atoms with Crippen molar-refractivity contribution in [1.29, 1.82) is 0 Å². The van der Waals surface area contributed by atoms with Crippen molar-refractivity contribution in [3.63, 3.8) is 0 Å². The number of pyridine rings is 1. The largest absolute Gasteiger partial charge is 0.378 e. The maximum absolute atomic E-state index is 12.6. The molecule has 4 heterocycles. The summed E-state index contributed by atoms with van der Waals surface area (Å²) in [5.74, 6) is -0.226. The second-order valence-electron chi connectivity index (χ2n) is 7.39. The highest BCUT2D eigenvalue weighted by molar-refractivity contribution is 5.90. The molecule has 4 rings (SSSR count). The molecule has 1 amide bonds. The maximum Gasteiger partial charge on any atom is 0.269 e. The van der Waals surface area contributed by atoms with Crippen LogP contribution < -0.4 is 15.8 Å². The predicted octanol–water partition coefficient (Wildman–Crippen LogP) is 0.883. The summed E-state index contributed by atoms with van der Waals surface area (Å²) in [4.78, 5) is 27.1. The van der Waals surface area contributed by atoms with Crippen LogP contribution in [0.25, 0.3) is 5.65 Å². The lowest BCUT2D eigenvalue weighted by molar-refractivity contribution is -0.117. The molecule has 0 spiro atoms. The van der Waals surface area contributed by atoms with Crippen LogP contribution in [-0.4, -0.2) is 56.6 Å². The topological polar surface area (TPSA) is 107 Å². The van der Waals surface area contributed by atoms with E-state index >= 15 is 0 Å². The van der Waals surface area contributed by atoms with Gasteiger partial charge in [0.05, 0.1) is 23.2 Å². The van der Waals surface area contributed by atoms with Crippen LogP contribution in [0.5, 0.6) is 0 Å². The zero-order valence-corrected chi connectivity index (χ0v) is 16.6. The van der Waals surface area contributed by atoms with Crippen molar-refractivity contribution in [1.82, 2.24) is 24.4 Å². The van der Waals surface area contributed by atoms with Gasteiger partial charge in [-0.1, -0.05) is 13.8 Å². The number of rotatable bonds is 6. The Kier molecular flexibility index (Phi) is 5.01. The van der Waals surface area contributed by atoms with E-state index in [0.29, 0.717) is 11.3 Å². The van der Waals surface area contributed by atoms with Gasteiger partial charge in [0.1, 0.15) is 12.9 Å². The number of carbonyl (C=O) groups excluding carboxylic acids is 1. The van der Waals surface area contributed by atoms with Crippen LogP contribution in [-0.2, 0) is 16.1 Å². The summed E-state index contributed by atoms with van der Waals surface area (Å²) in [7, 11) is 1.68. The first-order valence-corrected chi connectivity index (χ1v) is 9.43. The van der Waals surface area contributed by atoms with Gasteiger partial charge >= 0.3 is 0 Å². The summed E-state index contributed by atoms with van der Waals surface area (Å²) in [5.41, 5.74) is 2.56. The molecule has 0 unspecified atom stereocenters. The zero-order valence-electron chi connectivity index (χ0n) is 16.6. The Labute approximate surface area is 167 Å². The van der Waals surface area contributed by atoms with Crippen LogP contribution in [0.3, 0.4) is 0 Å². The average molecular weight is 397 g/mol. The van der Waals surface area contributed by atoms with E-state index in [-0.39, 0.29) is 30.0 Å². The first-order valence-electron chi connectivity index (χ1n) is 9.43. The van der Waals surface area contributed by atoms with Crippen molar-refractivity contribution in [3.05, 3.63) is 46.8 Å². The molecule has 1 fully saturated rings. The molecule has 3 aromatic heterocycles. The molecule has 1 aliphatic heterocycles. The maximum atomic E-state index is 12.6. The summed E-state index contributed by atoms with van der Waals surface area (Å²) < 4.78 is 8.22. The lowest BCUT2D eigenvalue weighted by Crippen LogP contribution is -2.52. The summed E-state index contributed by atoms with van der Waals surface area (Å²) in [6, 6.07) is 5.04. The van der Waals surface area contributed by atoms with Crippen molar-refractivity contribution in [3.8, 4) is 0 Å². The van der Waals surface area contributed by atoms with E-state index in [9.17, 15) is 9.59 Å². The number of anilines is 2. The van der Waals surface area contributed by atoms with Gasteiger partial charge in [-0.05, 0) is 18.1 Å². The molecule has 0 saturated carbocycles. The quantitative estimate of drug-likeness (QED) is 0.658. The minimum Gasteiger partial charge on any atom is -0.378 e. The van der Waals surface area contributed by atoms with Gasteiger partial charge in [0.15, 0.2) is 5.65 Å². The number of hydrogen-bond acceptors (Lipinski definition) is 7. The fourth-order valence-electron chi connectivity index (χ4n) is 3.30. The molecule has 10 heteroatoms. The molecular weight excluding hydrogens is 374 g/mol. The second-order valence-corrected chi connectivity index (χ2v) is 7.39. The monoisotopic (exact) mass is 397 g/mol. The van der Waals surface area contributed by atoms with Crippen molar-refractivity contribution >= 4 is 22.9 Å². The zero-order chi connectivity index (χ0) is 20.5. The molecule has 3 aromatic rings. The van der Waals surface area contributed by atoms with Crippen LogP contribution >= 0.6 is 0 Å². The summed E-state index contributed by atoms with van der Waals surface area (Å²) >= 11 is 0. The molecule has 1 N–H and O–H groups in total. The van der Waals surface area contributed by atoms with Crippen LogP contribution in [0.4, 0.5) is 11.4 Å². The van der Waals surface area contributed by atoms with E-state index in [1.165, 1.54) is 4.68 Å². The number of nitrogens with one attached hydrogen (secondary N) is 1. The molecule has 0 aromatic carbocycles. The van der Waals surface area contributed by atoms with E-state index in [0.717, 1.165) is 24.5 Å². The van der Waals surface area contributed by atoms with Gasteiger partial charge in [0.25, 0.3) is 5.56 Å². The van der Waals surface area contributed by atoms with Crippen LogP contribution in [0, 0.1) is 0 Å². The molecule has 0 radical (unpaired) electrons. The smallest absolute Gasteiger partial charge is 0.269 e. The molecule has 29 heavy (non-hydrogen) atoms. The fourth-order valence-corrected chi connectivity index (χ4v) is 3.30. The first-order chi connectivity index (χ1) is 13.9. The number of amides is 1. The Balaban J connectivity index is 1.52. The van der Waals surface area contributed by atoms with Gasteiger partial charge in [-0.15, -0.1) is 10.2 Å². The number of carbonyl (C=O) groups is 1. The molecule has 0 atom stereocenters. The van der Waals surface area contributed by atoms with Crippen molar-refractivity contribution in [2.24, 2.45) is 0 Å². The minimum atomic E-state index is -0.335. The lowest BCUT2D eigenvalue weighted by Gasteiger charge is -2.40. The fraction of sp³-hybridized carbons (Fsp3) is 0.421. The standard InChI is InChI=1S/C19H23N7O3/c1-12(2)19-15(24-8-14(9-24)29-3)6-18(28)26(23-19)10-17(27)21-13-4-5-16-22-20-11-25(16)7-13/h4-7,11-12,14H,8-10H2,1-3H3,(H,21,27). The summed E-state index contributed by atoms with van der Waals surface area (Å²) in [5, 5.41) is 15.0. The average Bonchev–Trinajstić information content (AvgIpc) is 3.10. The predicted molar refractivity (Wildman–Crippen MR) is 107 cm³/mol. The number of fused-ring (bicyclic) bond motifs is 1. The second kappa shape index (κ2) is 7.63. The number of ether oxygens (including phenoxy) is 1. The Morgan fingerprint density at radius 1 is 1.34 bits per heavy atom. The Hall–Kier alpha value is -3.27. The van der Waals surface area contributed by atoms with Gasteiger partial charge < -0.3 is 15.0 Å². The summed E-state index contributed by atoms with van der Waals surface area (Å²) in [6.45, 7) is 5.33. The number of hydrogen-bond donors (Lipinski definition) is 1. The number of nitrogens with zero attached hydrogens (tertiary/aromatic N) is 6. The molecule has 1 aliphatic rings. The normalized spacial score (nSPS) is 14.4. The highest BCUT2D eigenvalue weighted by Gasteiger charge is 2.30. The van der Waals surface area contributed by atoms with Crippen LogP contribution in [0.15, 0.2) is 35.5 Å². The molecule has 10 nitrogen and oxygen atoms in total. The Morgan fingerprint density at radius 3 is 2.86 bits per heavy atom. The molecule has 0 bridgehead atoms. The molecular formula is C19H23N7O3. The highest BCUT2D eigenvalue weighted by Crippen LogP contribution is 2.28. The third-order valence-electron chi connectivity index (χ3n) is 4.94. The van der Waals surface area contributed by atoms with Gasteiger partial charge in [-0.3, -0.25) is 14.0 Å². The van der Waals surface area contributed by atoms with Gasteiger partial charge in [-0.2, -0.15) is 5.10 Å². The van der Waals surface area contributed by atoms with E-state index in [4.69, 9.17) is 4.74 Å². The van der Waals surface area contributed by atoms with Crippen LogP contribution in [0.2, 0.25) is 0 Å². The molecule has 0 aliphatic carbocycles. The third kappa shape index (κ3) is 3.83. The lowest BCUT2D eigenvalue weighted by atomic mass is 10.0. The third-order valence-corrected chi connectivity index (χ3v) is 4.94. The Morgan fingerprint density at radius 2 is 2.14 bits per heavy atom. The van der Waals surface area contributed by atoms with Gasteiger partial charge in [-0.25, -0.2) is 4.68 Å².